The van der Waals surface area contributed by atoms with E-state index < -0.39 is 5.82 Å². The number of nitrogens with two attached hydrogens (primary N) is 1. The minimum atomic E-state index is -0.454. The maximum Gasteiger partial charge on any atom is 0.167 e. The van der Waals surface area contributed by atoms with Crippen LogP contribution >= 0.6 is 0 Å². The van der Waals surface area contributed by atoms with Gasteiger partial charge in [-0.2, -0.15) is 0 Å². The lowest BCUT2D eigenvalue weighted by Crippen LogP contribution is -1.93. The number of halogens is 1. The fourth-order valence-electron chi connectivity index (χ4n) is 1.66. The standard InChI is InChI=1S/C15H16FNO/c1-10(2)11-4-3-5-13(8-11)18-15-7-6-12(17)9-14(15)16/h3-10H,17H2,1-2H3. The lowest BCUT2D eigenvalue weighted by molar-refractivity contribution is 0.442. The van der Waals surface area contributed by atoms with Gasteiger partial charge in [0.2, 0.25) is 0 Å². The summed E-state index contributed by atoms with van der Waals surface area (Å²) >= 11 is 0. The van der Waals surface area contributed by atoms with Crippen LogP contribution < -0.4 is 10.5 Å². The van der Waals surface area contributed by atoms with Crippen LogP contribution in [0.4, 0.5) is 10.1 Å². The van der Waals surface area contributed by atoms with E-state index in [1.807, 2.05) is 24.3 Å². The maximum absolute atomic E-state index is 13.6. The van der Waals surface area contributed by atoms with Gasteiger partial charge in [-0.3, -0.25) is 0 Å². The minimum Gasteiger partial charge on any atom is -0.454 e. The van der Waals surface area contributed by atoms with Gasteiger partial charge in [0.15, 0.2) is 11.6 Å². The number of hydrogen-bond donors (Lipinski definition) is 1. The Hall–Kier alpha value is -2.03. The third kappa shape index (κ3) is 2.80. The molecule has 0 aromatic heterocycles. The summed E-state index contributed by atoms with van der Waals surface area (Å²) in [5.41, 5.74) is 7.03. The molecule has 0 amide bonds. The van der Waals surface area contributed by atoms with Gasteiger partial charge in [0.25, 0.3) is 0 Å². The summed E-state index contributed by atoms with van der Waals surface area (Å²) < 4.78 is 19.1. The third-order valence-electron chi connectivity index (χ3n) is 2.71. The van der Waals surface area contributed by atoms with Crippen molar-refractivity contribution in [3.05, 3.63) is 53.8 Å². The van der Waals surface area contributed by atoms with E-state index >= 15 is 0 Å². The molecule has 3 heteroatoms. The van der Waals surface area contributed by atoms with Crippen LogP contribution in [-0.4, -0.2) is 0 Å². The largest absolute Gasteiger partial charge is 0.454 e. The Kier molecular flexibility index (Phi) is 3.51. The Bertz CT molecular complexity index is 552. The summed E-state index contributed by atoms with van der Waals surface area (Å²) in [6, 6.07) is 12.1. The highest BCUT2D eigenvalue weighted by Crippen LogP contribution is 2.27. The zero-order chi connectivity index (χ0) is 13.1. The average Bonchev–Trinajstić information content (AvgIpc) is 2.33. The number of anilines is 1. The van der Waals surface area contributed by atoms with Crippen LogP contribution in [-0.2, 0) is 0 Å². The Morgan fingerprint density at radius 2 is 1.89 bits per heavy atom. The number of nitrogen functional groups attached to an aromatic ring is 1. The molecule has 0 aliphatic carbocycles. The molecule has 0 saturated carbocycles. The molecule has 2 nitrogen and oxygen atoms in total. The topological polar surface area (TPSA) is 35.2 Å². The molecule has 2 aromatic carbocycles. The Morgan fingerprint density at radius 3 is 2.56 bits per heavy atom. The highest BCUT2D eigenvalue weighted by Gasteiger charge is 2.06. The molecule has 0 aliphatic heterocycles. The van der Waals surface area contributed by atoms with E-state index in [0.717, 1.165) is 5.56 Å². The quantitative estimate of drug-likeness (QED) is 0.817. The maximum atomic E-state index is 13.6. The van der Waals surface area contributed by atoms with E-state index in [2.05, 4.69) is 13.8 Å². The zero-order valence-electron chi connectivity index (χ0n) is 10.5. The molecule has 0 aliphatic rings. The predicted octanol–water partition coefficient (Wildman–Crippen LogP) is 4.32. The van der Waals surface area contributed by atoms with Gasteiger partial charge in [-0.1, -0.05) is 26.0 Å². The van der Waals surface area contributed by atoms with Gasteiger partial charge in [-0.15, -0.1) is 0 Å². The monoisotopic (exact) mass is 245 g/mol. The van der Waals surface area contributed by atoms with Crippen molar-refractivity contribution in [2.75, 3.05) is 5.73 Å². The fraction of sp³-hybridized carbons (Fsp3) is 0.200. The second-order valence-corrected chi connectivity index (χ2v) is 4.52. The van der Waals surface area contributed by atoms with Gasteiger partial charge >= 0.3 is 0 Å². The minimum absolute atomic E-state index is 0.185. The SMILES string of the molecule is CC(C)c1cccc(Oc2ccc(N)cc2F)c1. The molecular weight excluding hydrogens is 229 g/mol. The average molecular weight is 245 g/mol. The summed E-state index contributed by atoms with van der Waals surface area (Å²) in [4.78, 5) is 0. The van der Waals surface area contributed by atoms with Crippen molar-refractivity contribution in [3.63, 3.8) is 0 Å². The summed E-state index contributed by atoms with van der Waals surface area (Å²) in [7, 11) is 0. The number of rotatable bonds is 3. The molecule has 0 saturated heterocycles. The van der Waals surface area contributed by atoms with E-state index in [-0.39, 0.29) is 5.75 Å². The summed E-state index contributed by atoms with van der Waals surface area (Å²) in [6.07, 6.45) is 0. The second-order valence-electron chi connectivity index (χ2n) is 4.52. The predicted molar refractivity (Wildman–Crippen MR) is 71.4 cm³/mol. The smallest absolute Gasteiger partial charge is 0.167 e. The molecule has 2 N–H and O–H groups in total. The Morgan fingerprint density at radius 1 is 1.11 bits per heavy atom. The normalized spacial score (nSPS) is 10.7. The van der Waals surface area contributed by atoms with E-state index in [1.54, 1.807) is 6.07 Å². The molecule has 0 unspecified atom stereocenters. The molecule has 0 radical (unpaired) electrons. The Balaban J connectivity index is 2.25. The number of ether oxygens (including phenoxy) is 1. The van der Waals surface area contributed by atoms with E-state index in [4.69, 9.17) is 10.5 Å². The van der Waals surface area contributed by atoms with Gasteiger partial charge in [0.05, 0.1) is 0 Å². The molecule has 0 atom stereocenters. The first-order valence-electron chi connectivity index (χ1n) is 5.89. The molecular formula is C15H16FNO. The molecule has 0 fully saturated rings. The van der Waals surface area contributed by atoms with Crippen LogP contribution in [0.15, 0.2) is 42.5 Å². The lowest BCUT2D eigenvalue weighted by atomic mass is 10.0. The van der Waals surface area contributed by atoms with Gasteiger partial charge < -0.3 is 10.5 Å². The van der Waals surface area contributed by atoms with Crippen LogP contribution in [0.5, 0.6) is 11.5 Å². The summed E-state index contributed by atoms with van der Waals surface area (Å²) in [5, 5.41) is 0. The van der Waals surface area contributed by atoms with Gasteiger partial charge in [0.1, 0.15) is 5.75 Å². The first kappa shape index (κ1) is 12.4. The zero-order valence-corrected chi connectivity index (χ0v) is 10.5. The van der Waals surface area contributed by atoms with Crippen molar-refractivity contribution in [3.8, 4) is 11.5 Å². The first-order chi connectivity index (χ1) is 8.56. The van der Waals surface area contributed by atoms with Crippen molar-refractivity contribution in [1.29, 1.82) is 0 Å². The second kappa shape index (κ2) is 5.08. The molecule has 0 spiro atoms. The molecule has 2 aromatic rings. The van der Waals surface area contributed by atoms with Gasteiger partial charge in [-0.25, -0.2) is 4.39 Å². The van der Waals surface area contributed by atoms with Crippen LogP contribution in [0.25, 0.3) is 0 Å². The van der Waals surface area contributed by atoms with Crippen molar-refractivity contribution in [2.24, 2.45) is 0 Å². The van der Waals surface area contributed by atoms with Gasteiger partial charge in [-0.05, 0) is 35.7 Å². The Labute approximate surface area is 106 Å². The highest BCUT2D eigenvalue weighted by atomic mass is 19.1. The highest BCUT2D eigenvalue weighted by molar-refractivity contribution is 5.44. The molecule has 18 heavy (non-hydrogen) atoms. The lowest BCUT2D eigenvalue weighted by Gasteiger charge is -2.10. The molecule has 94 valence electrons. The number of hydrogen-bond acceptors (Lipinski definition) is 2. The summed E-state index contributed by atoms with van der Waals surface area (Å²) in [6.45, 7) is 4.20. The van der Waals surface area contributed by atoms with Crippen molar-refractivity contribution in [1.82, 2.24) is 0 Å². The first-order valence-corrected chi connectivity index (χ1v) is 5.89. The van der Waals surface area contributed by atoms with Crippen LogP contribution in [0, 0.1) is 5.82 Å². The van der Waals surface area contributed by atoms with Crippen molar-refractivity contribution < 1.29 is 9.13 Å². The van der Waals surface area contributed by atoms with Crippen molar-refractivity contribution in [2.45, 2.75) is 19.8 Å². The van der Waals surface area contributed by atoms with E-state index in [0.29, 0.717) is 17.4 Å². The van der Waals surface area contributed by atoms with Crippen LogP contribution in [0.3, 0.4) is 0 Å². The van der Waals surface area contributed by atoms with Crippen LogP contribution in [0.1, 0.15) is 25.3 Å². The van der Waals surface area contributed by atoms with Crippen molar-refractivity contribution >= 4 is 5.69 Å². The van der Waals surface area contributed by atoms with Gasteiger partial charge in [0, 0.05) is 11.8 Å². The summed E-state index contributed by atoms with van der Waals surface area (Å²) in [5.74, 6) is 0.768. The third-order valence-corrected chi connectivity index (χ3v) is 2.71. The number of benzene rings is 2. The van der Waals surface area contributed by atoms with Crippen LogP contribution in [0.2, 0.25) is 0 Å². The fourth-order valence-corrected chi connectivity index (χ4v) is 1.66. The van der Waals surface area contributed by atoms with E-state index in [1.165, 1.54) is 12.1 Å². The van der Waals surface area contributed by atoms with E-state index in [9.17, 15) is 4.39 Å². The molecule has 0 heterocycles. The molecule has 2 rings (SSSR count). The molecule has 0 bridgehead atoms.